The monoisotopic (exact) mass is 301 g/mol. The molecule has 0 spiro atoms. The highest BCUT2D eigenvalue weighted by Gasteiger charge is 2.45. The molecule has 120 valence electrons. The maximum Gasteiger partial charge on any atom is 0.673 e. The number of carbonyl (C=O) groups excluding carboxylic acids is 1. The van der Waals surface area contributed by atoms with Crippen LogP contribution >= 0.6 is 0 Å². The van der Waals surface area contributed by atoms with Crippen LogP contribution in [0.5, 0.6) is 0 Å². The van der Waals surface area contributed by atoms with Crippen LogP contribution in [0, 0.1) is 0 Å². The zero-order chi connectivity index (χ0) is 16.4. The van der Waals surface area contributed by atoms with Gasteiger partial charge in [-0.3, -0.25) is 4.79 Å². The summed E-state index contributed by atoms with van der Waals surface area (Å²) in [5, 5.41) is 14.4. The molecule has 9 heteroatoms. The van der Waals surface area contributed by atoms with E-state index in [4.69, 9.17) is 0 Å². The smallest absolute Gasteiger partial charge is 0.418 e. The molecule has 1 heterocycles. The van der Waals surface area contributed by atoms with Gasteiger partial charge in [0, 0.05) is 24.0 Å². The fraction of sp³-hybridized carbons (Fsp3) is 0.909. The van der Waals surface area contributed by atoms with E-state index in [1.165, 1.54) is 12.0 Å². The van der Waals surface area contributed by atoms with Gasteiger partial charge in [-0.1, -0.05) is 0 Å². The topological polar surface area (TPSA) is 52.6 Å². The molecule has 20 heavy (non-hydrogen) atoms. The van der Waals surface area contributed by atoms with Gasteiger partial charge in [-0.05, 0) is 40.5 Å². The summed E-state index contributed by atoms with van der Waals surface area (Å²) in [5.41, 5.74) is -0.594. The second-order valence-electron chi connectivity index (χ2n) is 6.24. The van der Waals surface area contributed by atoms with Crippen LogP contribution in [-0.2, 0) is 4.79 Å². The van der Waals surface area contributed by atoms with Crippen molar-refractivity contribution < 1.29 is 27.3 Å². The van der Waals surface area contributed by atoms with Gasteiger partial charge < -0.3 is 27.8 Å². The van der Waals surface area contributed by atoms with Crippen LogP contribution in [0.25, 0.3) is 0 Å². The largest absolute Gasteiger partial charge is 0.673 e. The highest BCUT2D eigenvalue weighted by Crippen LogP contribution is 2.36. The SMILES string of the molecule is CC(=O)NC1CC(C)(C)N(O)C(C)(C)C1.F[B-](F)(F)F. The lowest BCUT2D eigenvalue weighted by Crippen LogP contribution is -2.62. The first kappa shape index (κ1) is 19.2. The van der Waals surface area contributed by atoms with Crippen molar-refractivity contribution in [2.45, 2.75) is 64.6 Å². The Kier molecular flexibility index (Phi) is 6.04. The van der Waals surface area contributed by atoms with Crippen molar-refractivity contribution in [3.05, 3.63) is 0 Å². The van der Waals surface area contributed by atoms with Crippen molar-refractivity contribution in [3.63, 3.8) is 0 Å². The summed E-state index contributed by atoms with van der Waals surface area (Å²) in [4.78, 5) is 11.0. The van der Waals surface area contributed by atoms with Gasteiger partial charge in [-0.15, -0.1) is 0 Å². The molecule has 0 bridgehead atoms. The summed E-state index contributed by atoms with van der Waals surface area (Å²) in [6.45, 7) is 9.49. The fourth-order valence-electron chi connectivity index (χ4n) is 2.66. The summed E-state index contributed by atoms with van der Waals surface area (Å²) in [5.74, 6) is -0.00186. The van der Waals surface area contributed by atoms with E-state index in [1.807, 2.05) is 27.7 Å². The molecule has 1 fully saturated rings. The third-order valence-corrected chi connectivity index (χ3v) is 3.05. The number of rotatable bonds is 1. The van der Waals surface area contributed by atoms with Crippen molar-refractivity contribution in [3.8, 4) is 0 Å². The Morgan fingerprint density at radius 1 is 1.15 bits per heavy atom. The van der Waals surface area contributed by atoms with Gasteiger partial charge in [0.25, 0.3) is 0 Å². The van der Waals surface area contributed by atoms with Crippen LogP contribution in [0.4, 0.5) is 17.3 Å². The number of halogens is 4. The first-order chi connectivity index (χ1) is 8.65. The Hall–Kier alpha value is -0.825. The molecule has 0 radical (unpaired) electrons. The lowest BCUT2D eigenvalue weighted by atomic mass is 9.79. The highest BCUT2D eigenvalue weighted by atomic mass is 19.5. The first-order valence-corrected chi connectivity index (χ1v) is 6.29. The average Bonchev–Trinajstić information content (AvgIpc) is 2.08. The molecular weight excluding hydrogens is 279 g/mol. The number of hydrogen-bond acceptors (Lipinski definition) is 3. The molecule has 1 amide bonds. The molecule has 2 N–H and O–H groups in total. The predicted octanol–water partition coefficient (Wildman–Crippen LogP) is 2.83. The Morgan fingerprint density at radius 3 is 1.70 bits per heavy atom. The molecule has 1 aliphatic rings. The quantitative estimate of drug-likeness (QED) is 0.578. The number of hydroxylamine groups is 2. The summed E-state index contributed by atoms with van der Waals surface area (Å²) in [7, 11) is -6.00. The van der Waals surface area contributed by atoms with Crippen LogP contribution in [0.1, 0.15) is 47.5 Å². The summed E-state index contributed by atoms with van der Waals surface area (Å²) in [6.07, 6.45) is 1.54. The molecule has 0 aliphatic carbocycles. The van der Waals surface area contributed by atoms with Crippen molar-refractivity contribution in [2.24, 2.45) is 0 Å². The zero-order valence-corrected chi connectivity index (χ0v) is 12.4. The van der Waals surface area contributed by atoms with Gasteiger partial charge in [-0.2, -0.15) is 5.06 Å². The van der Waals surface area contributed by atoms with Crippen molar-refractivity contribution in [1.82, 2.24) is 10.4 Å². The van der Waals surface area contributed by atoms with Crippen molar-refractivity contribution in [2.75, 3.05) is 0 Å². The molecule has 0 aromatic heterocycles. The summed E-state index contributed by atoms with van der Waals surface area (Å²) >= 11 is 0. The lowest BCUT2D eigenvalue weighted by molar-refractivity contribution is -0.246. The molecule has 0 unspecified atom stereocenters. The summed E-state index contributed by atoms with van der Waals surface area (Å²) in [6, 6.07) is 0.149. The fourth-order valence-corrected chi connectivity index (χ4v) is 2.66. The number of nitrogens with zero attached hydrogens (tertiary/aromatic N) is 1. The van der Waals surface area contributed by atoms with E-state index in [0.29, 0.717) is 0 Å². The molecule has 0 aromatic carbocycles. The Bertz CT molecular complexity index is 324. The third kappa shape index (κ3) is 7.09. The number of piperidine rings is 1. The van der Waals surface area contributed by atoms with Crippen molar-refractivity contribution >= 4 is 13.2 Å². The van der Waals surface area contributed by atoms with Crippen LogP contribution in [0.15, 0.2) is 0 Å². The minimum absolute atomic E-state index is 0.00186. The van der Waals surface area contributed by atoms with Gasteiger partial charge in [0.05, 0.1) is 0 Å². The molecule has 4 nitrogen and oxygen atoms in total. The number of amides is 1. The standard InChI is InChI=1S/C11H22N2O2.BF4/c1-8(14)12-9-6-10(2,3)13(15)11(4,5)7-9;2-1(3,4)5/h9,15H,6-7H2,1-5H3,(H,12,14);/q;-1. The van der Waals surface area contributed by atoms with E-state index in [0.717, 1.165) is 12.8 Å². The third-order valence-electron chi connectivity index (χ3n) is 3.05. The van der Waals surface area contributed by atoms with E-state index in [1.54, 1.807) is 0 Å². The molecule has 0 aromatic rings. The normalized spacial score (nSPS) is 22.7. The minimum atomic E-state index is -6.00. The molecule has 1 rings (SSSR count). The first-order valence-electron chi connectivity index (χ1n) is 6.29. The van der Waals surface area contributed by atoms with E-state index < -0.39 is 7.25 Å². The molecule has 0 atom stereocenters. The Morgan fingerprint density at radius 2 is 1.45 bits per heavy atom. The number of nitrogens with one attached hydrogen (secondary N) is 1. The van der Waals surface area contributed by atoms with E-state index in [9.17, 15) is 27.3 Å². The van der Waals surface area contributed by atoms with Crippen LogP contribution < -0.4 is 5.32 Å². The van der Waals surface area contributed by atoms with Gasteiger partial charge in [0.15, 0.2) is 0 Å². The molecule has 0 saturated carbocycles. The Labute approximate surface area is 116 Å². The lowest BCUT2D eigenvalue weighted by Gasteiger charge is -2.51. The molecule has 1 saturated heterocycles. The second kappa shape index (κ2) is 6.30. The summed E-state index contributed by atoms with van der Waals surface area (Å²) < 4.78 is 39.0. The van der Waals surface area contributed by atoms with Crippen LogP contribution in [0.2, 0.25) is 0 Å². The van der Waals surface area contributed by atoms with Gasteiger partial charge in [-0.25, -0.2) is 0 Å². The Balaban J connectivity index is 0.000000621. The van der Waals surface area contributed by atoms with Gasteiger partial charge >= 0.3 is 7.25 Å². The van der Waals surface area contributed by atoms with E-state index in [-0.39, 0.29) is 23.0 Å². The van der Waals surface area contributed by atoms with Crippen molar-refractivity contribution in [1.29, 1.82) is 0 Å². The predicted molar refractivity (Wildman–Crippen MR) is 68.8 cm³/mol. The molecule has 1 aliphatic heterocycles. The number of hydrogen-bond donors (Lipinski definition) is 2. The van der Waals surface area contributed by atoms with Crippen LogP contribution in [0.3, 0.4) is 0 Å². The average molecular weight is 301 g/mol. The maximum absolute atomic E-state index is 11.0. The maximum atomic E-state index is 11.0. The second-order valence-corrected chi connectivity index (χ2v) is 6.24. The van der Waals surface area contributed by atoms with Gasteiger partial charge in [0.2, 0.25) is 5.91 Å². The van der Waals surface area contributed by atoms with E-state index in [2.05, 4.69) is 5.32 Å². The van der Waals surface area contributed by atoms with Crippen LogP contribution in [-0.4, -0.2) is 40.6 Å². The van der Waals surface area contributed by atoms with E-state index >= 15 is 0 Å². The number of carbonyl (C=O) groups is 1. The molecular formula is C11H22BF4N2O2-. The zero-order valence-electron chi connectivity index (χ0n) is 12.4. The highest BCUT2D eigenvalue weighted by molar-refractivity contribution is 6.50. The minimum Gasteiger partial charge on any atom is -0.418 e. The van der Waals surface area contributed by atoms with Gasteiger partial charge in [0.1, 0.15) is 0 Å².